The van der Waals surface area contributed by atoms with Gasteiger partial charge in [0.1, 0.15) is 0 Å². The monoisotopic (exact) mass is 307 g/mol. The molecule has 0 aliphatic rings. The van der Waals surface area contributed by atoms with E-state index in [2.05, 4.69) is 15.5 Å². The van der Waals surface area contributed by atoms with E-state index in [0.717, 1.165) is 22.5 Å². The second-order valence-corrected chi connectivity index (χ2v) is 4.87. The highest BCUT2D eigenvalue weighted by Gasteiger charge is 2.13. The number of aromatic nitrogens is 2. The molecule has 0 atom stereocenters. The first kappa shape index (κ1) is 14.5. The molecule has 1 heterocycles. The first-order valence-electron chi connectivity index (χ1n) is 6.89. The fourth-order valence-corrected chi connectivity index (χ4v) is 2.17. The van der Waals surface area contributed by atoms with Gasteiger partial charge in [-0.3, -0.25) is 9.89 Å². The van der Waals surface area contributed by atoms with E-state index in [1.54, 1.807) is 24.3 Å². The average molecular weight is 307 g/mol. The van der Waals surface area contributed by atoms with E-state index in [0.29, 0.717) is 11.4 Å². The summed E-state index contributed by atoms with van der Waals surface area (Å²) >= 11 is 0. The molecule has 1 amide bonds. The number of hydrogen-bond donors (Lipinski definition) is 3. The van der Waals surface area contributed by atoms with Gasteiger partial charge in [0.05, 0.1) is 5.52 Å². The Hall–Kier alpha value is -3.41. The molecule has 1 aromatic heterocycles. The summed E-state index contributed by atoms with van der Waals surface area (Å²) in [7, 11) is 0. The lowest BCUT2D eigenvalue weighted by molar-refractivity contribution is -0.131. The molecule has 6 heteroatoms. The van der Waals surface area contributed by atoms with Gasteiger partial charge < -0.3 is 10.4 Å². The summed E-state index contributed by atoms with van der Waals surface area (Å²) < 4.78 is 0. The van der Waals surface area contributed by atoms with Crippen molar-refractivity contribution in [2.24, 2.45) is 0 Å². The molecule has 2 aromatic carbocycles. The van der Waals surface area contributed by atoms with Gasteiger partial charge in [0, 0.05) is 17.1 Å². The largest absolute Gasteiger partial charge is 0.478 e. The number of benzene rings is 2. The van der Waals surface area contributed by atoms with E-state index < -0.39 is 5.97 Å². The van der Waals surface area contributed by atoms with Crippen LogP contribution in [0.1, 0.15) is 16.1 Å². The number of carboxylic acids is 1. The molecule has 114 valence electrons. The second kappa shape index (κ2) is 6.15. The summed E-state index contributed by atoms with van der Waals surface area (Å²) in [5.74, 6) is -1.32. The number of rotatable bonds is 4. The molecule has 0 saturated heterocycles. The summed E-state index contributed by atoms with van der Waals surface area (Å²) in [4.78, 5) is 22.8. The molecule has 0 aliphatic carbocycles. The van der Waals surface area contributed by atoms with Crippen LogP contribution >= 0.6 is 0 Å². The van der Waals surface area contributed by atoms with Crippen LogP contribution in [-0.2, 0) is 4.79 Å². The number of carbonyl (C=O) groups excluding carboxylic acids is 1. The topological polar surface area (TPSA) is 95.1 Å². The van der Waals surface area contributed by atoms with Gasteiger partial charge in [0.15, 0.2) is 5.69 Å². The van der Waals surface area contributed by atoms with E-state index in [-0.39, 0.29) is 5.91 Å². The number of aromatic amines is 1. The summed E-state index contributed by atoms with van der Waals surface area (Å²) in [6.07, 6.45) is 2.54. The smallest absolute Gasteiger partial charge is 0.328 e. The van der Waals surface area contributed by atoms with Crippen LogP contribution in [0.25, 0.3) is 17.0 Å². The van der Waals surface area contributed by atoms with Crippen molar-refractivity contribution in [1.82, 2.24) is 10.2 Å². The number of aliphatic carboxylic acids is 1. The van der Waals surface area contributed by atoms with Gasteiger partial charge in [0.2, 0.25) is 0 Å². The molecule has 3 rings (SSSR count). The van der Waals surface area contributed by atoms with Crippen molar-refractivity contribution in [3.8, 4) is 0 Å². The molecular weight excluding hydrogens is 294 g/mol. The zero-order valence-corrected chi connectivity index (χ0v) is 12.0. The maximum Gasteiger partial charge on any atom is 0.328 e. The van der Waals surface area contributed by atoms with Gasteiger partial charge in [-0.1, -0.05) is 30.3 Å². The summed E-state index contributed by atoms with van der Waals surface area (Å²) in [5.41, 5.74) is 2.47. The number of nitrogens with one attached hydrogen (secondary N) is 2. The molecule has 23 heavy (non-hydrogen) atoms. The number of carboxylic acid groups (broad SMARTS) is 1. The van der Waals surface area contributed by atoms with Gasteiger partial charge in [-0.05, 0) is 29.8 Å². The molecule has 0 aliphatic heterocycles. The number of H-pyrrole nitrogens is 1. The predicted octanol–water partition coefficient (Wildman–Crippen LogP) is 2.91. The Kier molecular flexibility index (Phi) is 3.88. The lowest BCUT2D eigenvalue weighted by Gasteiger charge is -2.04. The van der Waals surface area contributed by atoms with Gasteiger partial charge in [-0.15, -0.1) is 0 Å². The third-order valence-corrected chi connectivity index (χ3v) is 3.27. The lowest BCUT2D eigenvalue weighted by atomic mass is 10.1. The Balaban J connectivity index is 1.76. The van der Waals surface area contributed by atoms with Crippen molar-refractivity contribution in [3.05, 3.63) is 65.9 Å². The maximum atomic E-state index is 12.3. The van der Waals surface area contributed by atoms with Gasteiger partial charge in [0.25, 0.3) is 5.91 Å². The van der Waals surface area contributed by atoms with Crippen LogP contribution in [0, 0.1) is 0 Å². The van der Waals surface area contributed by atoms with Gasteiger partial charge in [-0.2, -0.15) is 5.10 Å². The summed E-state index contributed by atoms with van der Waals surface area (Å²) in [6.45, 7) is 0. The van der Waals surface area contributed by atoms with Crippen LogP contribution in [0.5, 0.6) is 0 Å². The molecule has 0 unspecified atom stereocenters. The molecule has 6 nitrogen and oxygen atoms in total. The summed E-state index contributed by atoms with van der Waals surface area (Å²) in [5, 5.41) is 19.0. The number of fused-ring (bicyclic) bond motifs is 1. The van der Waals surface area contributed by atoms with E-state index in [1.165, 1.54) is 6.08 Å². The van der Waals surface area contributed by atoms with Crippen molar-refractivity contribution in [1.29, 1.82) is 0 Å². The highest BCUT2D eigenvalue weighted by atomic mass is 16.4. The van der Waals surface area contributed by atoms with Crippen molar-refractivity contribution in [2.75, 3.05) is 5.32 Å². The molecule has 0 radical (unpaired) electrons. The standard InChI is InChI=1S/C17H13N3O3/c21-15(22)10-7-11-5-8-12(9-6-11)18-17(23)16-13-3-1-2-4-14(13)19-20-16/h1-10H,(H,18,23)(H,19,20)(H,21,22)/b10-7+. The third-order valence-electron chi connectivity index (χ3n) is 3.27. The lowest BCUT2D eigenvalue weighted by Crippen LogP contribution is -2.12. The number of carbonyl (C=O) groups is 2. The normalized spacial score (nSPS) is 11.0. The minimum absolute atomic E-state index is 0.309. The van der Waals surface area contributed by atoms with E-state index in [4.69, 9.17) is 5.11 Å². The van der Waals surface area contributed by atoms with Crippen LogP contribution in [-0.4, -0.2) is 27.2 Å². The number of nitrogens with zero attached hydrogens (tertiary/aromatic N) is 1. The van der Waals surface area contributed by atoms with Crippen LogP contribution in [0.3, 0.4) is 0 Å². The maximum absolute atomic E-state index is 12.3. The Morgan fingerprint density at radius 1 is 1.09 bits per heavy atom. The molecule has 0 saturated carbocycles. The minimum atomic E-state index is -1.01. The fourth-order valence-electron chi connectivity index (χ4n) is 2.17. The highest BCUT2D eigenvalue weighted by molar-refractivity contribution is 6.11. The molecule has 0 bridgehead atoms. The Morgan fingerprint density at radius 3 is 2.57 bits per heavy atom. The molecule has 0 spiro atoms. The number of anilines is 1. The first-order valence-corrected chi connectivity index (χ1v) is 6.89. The van der Waals surface area contributed by atoms with Crippen LogP contribution in [0.2, 0.25) is 0 Å². The SMILES string of the molecule is O=C(O)/C=C/c1ccc(NC(=O)c2n[nH]c3ccccc23)cc1. The van der Waals surface area contributed by atoms with Gasteiger partial charge >= 0.3 is 5.97 Å². The predicted molar refractivity (Wildman–Crippen MR) is 87.2 cm³/mol. The van der Waals surface area contributed by atoms with Crippen molar-refractivity contribution in [3.63, 3.8) is 0 Å². The highest BCUT2D eigenvalue weighted by Crippen LogP contribution is 2.17. The molecular formula is C17H13N3O3. The number of hydrogen-bond acceptors (Lipinski definition) is 3. The Bertz CT molecular complexity index is 895. The molecule has 3 N–H and O–H groups in total. The fraction of sp³-hybridized carbons (Fsp3) is 0. The number of para-hydroxylation sites is 1. The zero-order valence-electron chi connectivity index (χ0n) is 12.0. The quantitative estimate of drug-likeness (QED) is 0.646. The summed E-state index contributed by atoms with van der Waals surface area (Å²) in [6, 6.07) is 14.2. The van der Waals surface area contributed by atoms with E-state index in [1.807, 2.05) is 24.3 Å². The second-order valence-electron chi connectivity index (χ2n) is 4.87. The van der Waals surface area contributed by atoms with E-state index >= 15 is 0 Å². The van der Waals surface area contributed by atoms with Crippen molar-refractivity contribution in [2.45, 2.75) is 0 Å². The zero-order chi connectivity index (χ0) is 16.2. The van der Waals surface area contributed by atoms with Crippen molar-refractivity contribution >= 4 is 34.5 Å². The van der Waals surface area contributed by atoms with Crippen LogP contribution in [0.15, 0.2) is 54.6 Å². The van der Waals surface area contributed by atoms with Crippen molar-refractivity contribution < 1.29 is 14.7 Å². The van der Waals surface area contributed by atoms with Gasteiger partial charge in [-0.25, -0.2) is 4.79 Å². The average Bonchev–Trinajstić information content (AvgIpc) is 2.98. The Morgan fingerprint density at radius 2 is 1.83 bits per heavy atom. The number of amides is 1. The van der Waals surface area contributed by atoms with E-state index in [9.17, 15) is 9.59 Å². The molecule has 3 aromatic rings. The van der Waals surface area contributed by atoms with Crippen LogP contribution < -0.4 is 5.32 Å². The van der Waals surface area contributed by atoms with Crippen LogP contribution in [0.4, 0.5) is 5.69 Å². The third kappa shape index (κ3) is 3.26. The Labute approximate surface area is 131 Å². The molecule has 0 fully saturated rings. The minimum Gasteiger partial charge on any atom is -0.478 e. The first-order chi connectivity index (χ1) is 11.1.